The molecule has 0 radical (unpaired) electrons. The van der Waals surface area contributed by atoms with Crippen molar-refractivity contribution in [2.45, 2.75) is 44.7 Å². The number of benzene rings is 1. The normalized spacial score (nSPS) is 15.7. The topological polar surface area (TPSA) is 73.8 Å². The first-order valence-corrected chi connectivity index (χ1v) is 12.0. The summed E-state index contributed by atoms with van der Waals surface area (Å²) < 4.78 is 26.8. The van der Waals surface area contributed by atoms with Crippen molar-refractivity contribution in [1.29, 1.82) is 0 Å². The first kappa shape index (κ1) is 20.8. The van der Waals surface area contributed by atoms with Crippen LogP contribution in [0.2, 0.25) is 0 Å². The van der Waals surface area contributed by atoms with E-state index in [1.165, 1.54) is 10.4 Å². The van der Waals surface area contributed by atoms with E-state index in [-0.39, 0.29) is 0 Å². The minimum atomic E-state index is -3.36. The number of guanidine groups is 1. The Labute approximate surface area is 171 Å². The zero-order chi connectivity index (χ0) is 20.0. The molecule has 6 nitrogen and oxygen atoms in total. The lowest BCUT2D eigenvalue weighted by Crippen LogP contribution is -2.36. The Balaban J connectivity index is 1.63. The van der Waals surface area contributed by atoms with Gasteiger partial charge in [-0.25, -0.2) is 13.4 Å². The number of nitrogens with zero attached hydrogens (tertiary/aromatic N) is 2. The Kier molecular flexibility index (Phi) is 7.09. The van der Waals surface area contributed by atoms with Gasteiger partial charge in [-0.2, -0.15) is 4.31 Å². The van der Waals surface area contributed by atoms with E-state index >= 15 is 0 Å². The molecule has 1 aliphatic heterocycles. The van der Waals surface area contributed by atoms with Crippen LogP contribution in [-0.2, 0) is 23.1 Å². The van der Waals surface area contributed by atoms with Gasteiger partial charge < -0.3 is 10.6 Å². The van der Waals surface area contributed by atoms with E-state index in [0.29, 0.717) is 24.5 Å². The Hall–Kier alpha value is -1.90. The SMILES string of the molecule is CCNC(=NCc1ccc(S(=O)(=O)N2CCCC2)cc1)NCc1sccc1C. The molecular formula is C20H28N4O2S2. The van der Waals surface area contributed by atoms with E-state index < -0.39 is 10.0 Å². The fourth-order valence-corrected chi connectivity index (χ4v) is 5.47. The van der Waals surface area contributed by atoms with Crippen LogP contribution in [-0.4, -0.2) is 38.3 Å². The van der Waals surface area contributed by atoms with E-state index in [1.807, 2.05) is 19.1 Å². The van der Waals surface area contributed by atoms with Gasteiger partial charge in [-0.1, -0.05) is 12.1 Å². The van der Waals surface area contributed by atoms with Crippen molar-refractivity contribution in [2.75, 3.05) is 19.6 Å². The lowest BCUT2D eigenvalue weighted by Gasteiger charge is -2.15. The van der Waals surface area contributed by atoms with Crippen LogP contribution < -0.4 is 10.6 Å². The Morgan fingerprint density at radius 3 is 2.46 bits per heavy atom. The van der Waals surface area contributed by atoms with Crippen LogP contribution in [0.1, 0.15) is 35.8 Å². The highest BCUT2D eigenvalue weighted by Crippen LogP contribution is 2.21. The summed E-state index contributed by atoms with van der Waals surface area (Å²) >= 11 is 1.73. The maximum atomic E-state index is 12.6. The number of aryl methyl sites for hydroxylation is 1. The quantitative estimate of drug-likeness (QED) is 0.533. The summed E-state index contributed by atoms with van der Waals surface area (Å²) in [5.41, 5.74) is 2.26. The molecular weight excluding hydrogens is 392 g/mol. The molecule has 1 aliphatic rings. The number of sulfonamides is 1. The molecule has 8 heteroatoms. The molecule has 1 fully saturated rings. The smallest absolute Gasteiger partial charge is 0.243 e. The second-order valence-electron chi connectivity index (χ2n) is 6.83. The van der Waals surface area contributed by atoms with Gasteiger partial charge in [0.1, 0.15) is 0 Å². The van der Waals surface area contributed by atoms with Crippen LogP contribution in [0.15, 0.2) is 45.6 Å². The molecule has 3 rings (SSSR count). The van der Waals surface area contributed by atoms with E-state index in [2.05, 4.69) is 34.0 Å². The second kappa shape index (κ2) is 9.54. The summed E-state index contributed by atoms with van der Waals surface area (Å²) in [6, 6.07) is 9.18. The summed E-state index contributed by atoms with van der Waals surface area (Å²) in [7, 11) is -3.36. The number of hydrogen-bond acceptors (Lipinski definition) is 4. The number of thiophene rings is 1. The summed E-state index contributed by atoms with van der Waals surface area (Å²) in [4.78, 5) is 6.28. The number of rotatable bonds is 7. The van der Waals surface area contributed by atoms with Crippen LogP contribution in [0.5, 0.6) is 0 Å². The van der Waals surface area contributed by atoms with Crippen molar-refractivity contribution in [1.82, 2.24) is 14.9 Å². The molecule has 0 unspecified atom stereocenters. The molecule has 0 aliphatic carbocycles. The standard InChI is InChI=1S/C20H28N4O2S2/c1-3-21-20(23-15-19-16(2)10-13-27-19)22-14-17-6-8-18(9-7-17)28(25,26)24-11-4-5-12-24/h6-10,13H,3-5,11-12,14-15H2,1-2H3,(H2,21,22,23). The molecule has 0 amide bonds. The summed E-state index contributed by atoms with van der Waals surface area (Å²) in [5, 5.41) is 8.69. The first-order chi connectivity index (χ1) is 13.5. The van der Waals surface area contributed by atoms with Crippen LogP contribution in [0.4, 0.5) is 0 Å². The van der Waals surface area contributed by atoms with E-state index in [4.69, 9.17) is 0 Å². The molecule has 0 atom stereocenters. The molecule has 1 aromatic heterocycles. The van der Waals surface area contributed by atoms with Crippen LogP contribution in [0.3, 0.4) is 0 Å². The molecule has 0 spiro atoms. The predicted octanol–water partition coefficient (Wildman–Crippen LogP) is 3.10. The minimum absolute atomic E-state index is 0.361. The molecule has 0 saturated carbocycles. The van der Waals surface area contributed by atoms with Crippen molar-refractivity contribution in [2.24, 2.45) is 4.99 Å². The largest absolute Gasteiger partial charge is 0.357 e. The lowest BCUT2D eigenvalue weighted by atomic mass is 10.2. The summed E-state index contributed by atoms with van der Waals surface area (Å²) in [6.07, 6.45) is 1.88. The molecule has 1 saturated heterocycles. The average molecular weight is 421 g/mol. The average Bonchev–Trinajstić information content (AvgIpc) is 3.37. The third-order valence-corrected chi connectivity index (χ3v) is 7.71. The zero-order valence-electron chi connectivity index (χ0n) is 16.4. The van der Waals surface area contributed by atoms with E-state index in [9.17, 15) is 8.42 Å². The van der Waals surface area contributed by atoms with Crippen molar-refractivity contribution >= 4 is 27.3 Å². The molecule has 28 heavy (non-hydrogen) atoms. The van der Waals surface area contributed by atoms with Gasteiger partial charge in [-0.15, -0.1) is 11.3 Å². The maximum absolute atomic E-state index is 12.6. The highest BCUT2D eigenvalue weighted by molar-refractivity contribution is 7.89. The monoisotopic (exact) mass is 420 g/mol. The molecule has 2 heterocycles. The van der Waals surface area contributed by atoms with Gasteiger partial charge in [-0.3, -0.25) is 0 Å². The Morgan fingerprint density at radius 1 is 1.14 bits per heavy atom. The van der Waals surface area contributed by atoms with Gasteiger partial charge in [0.15, 0.2) is 5.96 Å². The van der Waals surface area contributed by atoms with Gasteiger partial charge >= 0.3 is 0 Å². The van der Waals surface area contributed by atoms with E-state index in [0.717, 1.165) is 37.5 Å². The Morgan fingerprint density at radius 2 is 1.86 bits per heavy atom. The summed E-state index contributed by atoms with van der Waals surface area (Å²) in [6.45, 7) is 7.39. The molecule has 152 valence electrons. The zero-order valence-corrected chi connectivity index (χ0v) is 18.1. The van der Waals surface area contributed by atoms with Gasteiger partial charge in [0, 0.05) is 24.5 Å². The predicted molar refractivity (Wildman–Crippen MR) is 115 cm³/mol. The number of hydrogen-bond donors (Lipinski definition) is 2. The van der Waals surface area contributed by atoms with E-state index in [1.54, 1.807) is 27.8 Å². The van der Waals surface area contributed by atoms with Gasteiger partial charge in [0.05, 0.1) is 18.0 Å². The summed E-state index contributed by atoms with van der Waals surface area (Å²) in [5.74, 6) is 0.754. The third-order valence-electron chi connectivity index (χ3n) is 4.77. The molecule has 2 aromatic rings. The van der Waals surface area contributed by atoms with Gasteiger partial charge in [0.25, 0.3) is 0 Å². The van der Waals surface area contributed by atoms with Crippen LogP contribution in [0.25, 0.3) is 0 Å². The minimum Gasteiger partial charge on any atom is -0.357 e. The molecule has 1 aromatic carbocycles. The lowest BCUT2D eigenvalue weighted by molar-refractivity contribution is 0.477. The molecule has 2 N–H and O–H groups in total. The molecule has 0 bridgehead atoms. The van der Waals surface area contributed by atoms with Crippen molar-refractivity contribution < 1.29 is 8.42 Å². The fraction of sp³-hybridized carbons (Fsp3) is 0.450. The van der Waals surface area contributed by atoms with Gasteiger partial charge in [0.2, 0.25) is 10.0 Å². The highest BCUT2D eigenvalue weighted by Gasteiger charge is 2.26. The maximum Gasteiger partial charge on any atom is 0.243 e. The van der Waals surface area contributed by atoms with Gasteiger partial charge in [-0.05, 0) is 61.4 Å². The second-order valence-corrected chi connectivity index (χ2v) is 9.77. The number of nitrogens with one attached hydrogen (secondary N) is 2. The number of aliphatic imine (C=N–C) groups is 1. The van der Waals surface area contributed by atoms with Crippen LogP contribution >= 0.6 is 11.3 Å². The first-order valence-electron chi connectivity index (χ1n) is 9.65. The fourth-order valence-electron chi connectivity index (χ4n) is 3.11. The van der Waals surface area contributed by atoms with Crippen molar-refractivity contribution in [3.05, 3.63) is 51.7 Å². The highest BCUT2D eigenvalue weighted by atomic mass is 32.2. The van der Waals surface area contributed by atoms with Crippen molar-refractivity contribution in [3.8, 4) is 0 Å². The van der Waals surface area contributed by atoms with Crippen molar-refractivity contribution in [3.63, 3.8) is 0 Å². The Bertz CT molecular complexity index is 899. The van der Waals surface area contributed by atoms with Crippen LogP contribution in [0, 0.1) is 6.92 Å². The third kappa shape index (κ3) is 5.12.